The van der Waals surface area contributed by atoms with Gasteiger partial charge >= 0.3 is 0 Å². The molecule has 0 radical (unpaired) electrons. The van der Waals surface area contributed by atoms with Crippen LogP contribution in [0.4, 0.5) is 5.69 Å². The van der Waals surface area contributed by atoms with Crippen molar-refractivity contribution in [3.8, 4) is 11.8 Å². The number of carbonyl (C=O) groups is 1. The number of nitrogens with one attached hydrogen (secondary N) is 1. The summed E-state index contributed by atoms with van der Waals surface area (Å²) in [7, 11) is 0. The number of benzene rings is 3. The summed E-state index contributed by atoms with van der Waals surface area (Å²) in [5.74, 6) is -0.00950. The number of anilines is 1. The van der Waals surface area contributed by atoms with Crippen LogP contribution in [0.25, 0.3) is 6.08 Å². The molecular formula is C25H20Cl2N2O2. The Bertz CT molecular complexity index is 1150. The molecule has 6 heteroatoms. The lowest BCUT2D eigenvalue weighted by Crippen LogP contribution is -2.13. The molecule has 0 saturated heterocycles. The second kappa shape index (κ2) is 10.7. The third kappa shape index (κ3) is 6.36. The minimum atomic E-state index is -0.507. The summed E-state index contributed by atoms with van der Waals surface area (Å²) in [4.78, 5) is 12.6. The molecule has 0 aliphatic rings. The van der Waals surface area contributed by atoms with Crippen molar-refractivity contribution in [2.24, 2.45) is 0 Å². The summed E-state index contributed by atoms with van der Waals surface area (Å²) in [6, 6.07) is 21.8. The van der Waals surface area contributed by atoms with Gasteiger partial charge in [0.1, 0.15) is 24.0 Å². The zero-order chi connectivity index (χ0) is 22.2. The van der Waals surface area contributed by atoms with E-state index in [0.717, 1.165) is 17.5 Å². The van der Waals surface area contributed by atoms with E-state index < -0.39 is 5.91 Å². The van der Waals surface area contributed by atoms with E-state index in [1.54, 1.807) is 24.3 Å². The van der Waals surface area contributed by atoms with E-state index in [2.05, 4.69) is 12.2 Å². The zero-order valence-electron chi connectivity index (χ0n) is 16.9. The summed E-state index contributed by atoms with van der Waals surface area (Å²) < 4.78 is 5.90. The molecule has 0 aromatic heterocycles. The van der Waals surface area contributed by atoms with Crippen LogP contribution in [-0.2, 0) is 17.8 Å². The Labute approximate surface area is 191 Å². The molecule has 0 bridgehead atoms. The highest BCUT2D eigenvalue weighted by Crippen LogP contribution is 2.27. The molecule has 0 fully saturated rings. The van der Waals surface area contributed by atoms with E-state index in [-0.39, 0.29) is 12.2 Å². The molecular weight excluding hydrogens is 431 g/mol. The van der Waals surface area contributed by atoms with E-state index in [1.807, 2.05) is 48.5 Å². The molecule has 3 aromatic carbocycles. The normalized spacial score (nSPS) is 11.0. The molecule has 3 rings (SSSR count). The van der Waals surface area contributed by atoms with Crippen LogP contribution >= 0.6 is 23.2 Å². The molecule has 1 amide bonds. The summed E-state index contributed by atoms with van der Waals surface area (Å²) in [6.07, 6.45) is 2.37. The van der Waals surface area contributed by atoms with Crippen LogP contribution in [0, 0.1) is 11.3 Å². The minimum absolute atomic E-state index is 0.0607. The van der Waals surface area contributed by atoms with Gasteiger partial charge in [-0.15, -0.1) is 0 Å². The predicted molar refractivity (Wildman–Crippen MR) is 125 cm³/mol. The van der Waals surface area contributed by atoms with Crippen molar-refractivity contribution in [3.63, 3.8) is 0 Å². The number of hydrogen-bond acceptors (Lipinski definition) is 3. The maximum atomic E-state index is 12.6. The van der Waals surface area contributed by atoms with E-state index in [9.17, 15) is 10.1 Å². The number of nitrogens with zero attached hydrogens (tertiary/aromatic N) is 1. The first kappa shape index (κ1) is 22.4. The second-order valence-corrected chi connectivity index (χ2v) is 7.65. The van der Waals surface area contributed by atoms with E-state index in [1.165, 1.54) is 6.08 Å². The molecule has 31 heavy (non-hydrogen) atoms. The first-order chi connectivity index (χ1) is 15.0. The molecule has 0 saturated carbocycles. The Morgan fingerprint density at radius 1 is 1.03 bits per heavy atom. The Balaban J connectivity index is 1.81. The van der Waals surface area contributed by atoms with Gasteiger partial charge in [-0.3, -0.25) is 4.79 Å². The van der Waals surface area contributed by atoms with Crippen molar-refractivity contribution >= 4 is 40.9 Å². The number of aryl methyl sites for hydroxylation is 1. The highest BCUT2D eigenvalue weighted by atomic mass is 35.5. The molecule has 0 aliphatic carbocycles. The van der Waals surface area contributed by atoms with Gasteiger partial charge in [-0.05, 0) is 66.1 Å². The zero-order valence-corrected chi connectivity index (χ0v) is 18.4. The standard InChI is InChI=1S/C25H20Cl2N2O2/c1-2-17-6-9-23(10-7-17)29-25(30)20(15-28)13-19-14-22(27)8-11-24(19)31-16-18-4-3-5-21(26)12-18/h3-14H,2,16H2,1H3,(H,29,30)/b20-13+. The first-order valence-corrected chi connectivity index (χ1v) is 10.4. The summed E-state index contributed by atoms with van der Waals surface area (Å²) in [6.45, 7) is 2.34. The first-order valence-electron chi connectivity index (χ1n) is 9.67. The molecule has 156 valence electrons. The maximum absolute atomic E-state index is 12.6. The smallest absolute Gasteiger partial charge is 0.266 e. The lowest BCUT2D eigenvalue weighted by Gasteiger charge is -2.11. The maximum Gasteiger partial charge on any atom is 0.266 e. The van der Waals surface area contributed by atoms with Gasteiger partial charge in [0.2, 0.25) is 0 Å². The Hall–Kier alpha value is -3.26. The van der Waals surface area contributed by atoms with Crippen LogP contribution in [0.15, 0.2) is 72.3 Å². The Morgan fingerprint density at radius 2 is 1.77 bits per heavy atom. The molecule has 0 aliphatic heterocycles. The number of nitriles is 1. The molecule has 0 atom stereocenters. The van der Waals surface area contributed by atoms with Gasteiger partial charge < -0.3 is 10.1 Å². The largest absolute Gasteiger partial charge is 0.488 e. The lowest BCUT2D eigenvalue weighted by molar-refractivity contribution is -0.112. The van der Waals surface area contributed by atoms with Crippen LogP contribution < -0.4 is 10.1 Å². The summed E-state index contributed by atoms with van der Waals surface area (Å²) in [5.41, 5.74) is 3.14. The van der Waals surface area contributed by atoms with Gasteiger partial charge in [0.25, 0.3) is 5.91 Å². The Kier molecular flexibility index (Phi) is 7.72. The van der Waals surface area contributed by atoms with E-state index in [4.69, 9.17) is 27.9 Å². The van der Waals surface area contributed by atoms with Crippen LogP contribution in [0.2, 0.25) is 10.0 Å². The fourth-order valence-corrected chi connectivity index (χ4v) is 3.27. The number of carbonyl (C=O) groups excluding carboxylic acids is 1. The van der Waals surface area contributed by atoms with Crippen molar-refractivity contribution in [2.45, 2.75) is 20.0 Å². The van der Waals surface area contributed by atoms with Gasteiger partial charge in [0, 0.05) is 21.3 Å². The van der Waals surface area contributed by atoms with Gasteiger partial charge in [-0.1, -0.05) is 54.4 Å². The van der Waals surface area contributed by atoms with Crippen LogP contribution in [-0.4, -0.2) is 5.91 Å². The van der Waals surface area contributed by atoms with Gasteiger partial charge in [0.15, 0.2) is 0 Å². The molecule has 0 spiro atoms. The van der Waals surface area contributed by atoms with Gasteiger partial charge in [-0.2, -0.15) is 5.26 Å². The summed E-state index contributed by atoms with van der Waals surface area (Å²) >= 11 is 12.2. The highest BCUT2D eigenvalue weighted by Gasteiger charge is 2.12. The number of hydrogen-bond donors (Lipinski definition) is 1. The minimum Gasteiger partial charge on any atom is -0.488 e. The van der Waals surface area contributed by atoms with E-state index >= 15 is 0 Å². The fourth-order valence-electron chi connectivity index (χ4n) is 2.88. The third-order valence-corrected chi connectivity index (χ3v) is 5.01. The Morgan fingerprint density at radius 3 is 2.45 bits per heavy atom. The number of amides is 1. The average molecular weight is 451 g/mol. The number of ether oxygens (including phenoxy) is 1. The van der Waals surface area contributed by atoms with Crippen molar-refractivity contribution < 1.29 is 9.53 Å². The number of halogens is 2. The van der Waals surface area contributed by atoms with Crippen molar-refractivity contribution in [3.05, 3.63) is 99.0 Å². The molecule has 0 unspecified atom stereocenters. The van der Waals surface area contributed by atoms with E-state index in [0.29, 0.717) is 27.0 Å². The molecule has 0 heterocycles. The fraction of sp³-hybridized carbons (Fsp3) is 0.120. The molecule has 3 aromatic rings. The monoisotopic (exact) mass is 450 g/mol. The lowest BCUT2D eigenvalue weighted by atomic mass is 10.1. The van der Waals surface area contributed by atoms with Crippen molar-refractivity contribution in [1.82, 2.24) is 0 Å². The highest BCUT2D eigenvalue weighted by molar-refractivity contribution is 6.31. The van der Waals surface area contributed by atoms with Crippen LogP contribution in [0.5, 0.6) is 5.75 Å². The molecule has 1 N–H and O–H groups in total. The third-order valence-electron chi connectivity index (χ3n) is 4.54. The van der Waals surface area contributed by atoms with Gasteiger partial charge in [-0.25, -0.2) is 0 Å². The van der Waals surface area contributed by atoms with Crippen molar-refractivity contribution in [2.75, 3.05) is 5.32 Å². The summed E-state index contributed by atoms with van der Waals surface area (Å²) in [5, 5.41) is 13.4. The topological polar surface area (TPSA) is 62.1 Å². The van der Waals surface area contributed by atoms with Crippen LogP contribution in [0.1, 0.15) is 23.6 Å². The van der Waals surface area contributed by atoms with Crippen molar-refractivity contribution in [1.29, 1.82) is 5.26 Å². The second-order valence-electron chi connectivity index (χ2n) is 6.78. The quantitative estimate of drug-likeness (QED) is 0.322. The van der Waals surface area contributed by atoms with Crippen LogP contribution in [0.3, 0.4) is 0 Å². The number of rotatable bonds is 7. The average Bonchev–Trinajstić information content (AvgIpc) is 2.77. The molecule has 4 nitrogen and oxygen atoms in total. The van der Waals surface area contributed by atoms with Gasteiger partial charge in [0.05, 0.1) is 0 Å². The SMILES string of the molecule is CCc1ccc(NC(=O)/C(C#N)=C/c2cc(Cl)ccc2OCc2cccc(Cl)c2)cc1. The predicted octanol–water partition coefficient (Wildman–Crippen LogP) is 6.68.